The molecular weight excluding hydrogens is 274 g/mol. The molecular formula is C15H27NO5. The summed E-state index contributed by atoms with van der Waals surface area (Å²) in [7, 11) is 0. The minimum atomic E-state index is -1.00. The third-order valence-electron chi connectivity index (χ3n) is 3.60. The van der Waals surface area contributed by atoms with Crippen LogP contribution in [0, 0.1) is 5.41 Å². The second-order valence-electron chi connectivity index (χ2n) is 6.67. The average Bonchev–Trinajstić information content (AvgIpc) is 2.29. The third-order valence-corrected chi connectivity index (χ3v) is 3.60. The van der Waals surface area contributed by atoms with Crippen molar-refractivity contribution in [2.24, 2.45) is 5.41 Å². The summed E-state index contributed by atoms with van der Waals surface area (Å²) in [4.78, 5) is 24.8. The molecule has 0 aromatic carbocycles. The van der Waals surface area contributed by atoms with Crippen molar-refractivity contribution in [1.29, 1.82) is 0 Å². The Morgan fingerprint density at radius 3 is 2.14 bits per heavy atom. The summed E-state index contributed by atoms with van der Waals surface area (Å²) >= 11 is 0. The molecule has 21 heavy (non-hydrogen) atoms. The van der Waals surface area contributed by atoms with Crippen LogP contribution in [0.3, 0.4) is 0 Å². The van der Waals surface area contributed by atoms with E-state index in [0.29, 0.717) is 0 Å². The largest absolute Gasteiger partial charge is 0.481 e. The van der Waals surface area contributed by atoms with Gasteiger partial charge in [-0.15, -0.1) is 0 Å². The summed E-state index contributed by atoms with van der Waals surface area (Å²) in [6.07, 6.45) is 1.29. The molecule has 0 aliphatic carbocycles. The van der Waals surface area contributed by atoms with Crippen LogP contribution in [0.15, 0.2) is 0 Å². The van der Waals surface area contributed by atoms with E-state index in [2.05, 4.69) is 0 Å². The van der Waals surface area contributed by atoms with Crippen LogP contribution in [0.4, 0.5) is 4.79 Å². The monoisotopic (exact) mass is 301 g/mol. The zero-order chi connectivity index (χ0) is 16.3. The summed E-state index contributed by atoms with van der Waals surface area (Å²) in [5.41, 5.74) is -1.58. The Hall–Kier alpha value is -1.30. The van der Waals surface area contributed by atoms with Gasteiger partial charge in [-0.1, -0.05) is 13.8 Å². The highest BCUT2D eigenvalue weighted by Crippen LogP contribution is 2.33. The van der Waals surface area contributed by atoms with Crippen LogP contribution < -0.4 is 0 Å². The maximum absolute atomic E-state index is 11.9. The number of carboxylic acids is 1. The van der Waals surface area contributed by atoms with Crippen LogP contribution in [-0.2, 0) is 14.3 Å². The summed E-state index contributed by atoms with van der Waals surface area (Å²) in [5.74, 6) is -0.923. The van der Waals surface area contributed by atoms with Crippen LogP contribution in [0.5, 0.6) is 0 Å². The molecule has 1 saturated heterocycles. The van der Waals surface area contributed by atoms with Crippen molar-refractivity contribution < 1.29 is 24.2 Å². The highest BCUT2D eigenvalue weighted by Gasteiger charge is 2.53. The van der Waals surface area contributed by atoms with Crippen LogP contribution in [-0.4, -0.2) is 53.5 Å². The molecule has 122 valence electrons. The quantitative estimate of drug-likeness (QED) is 0.815. The fourth-order valence-electron chi connectivity index (χ4n) is 2.23. The first-order valence-corrected chi connectivity index (χ1v) is 7.46. The number of ether oxygens (including phenoxy) is 2. The first-order valence-electron chi connectivity index (χ1n) is 7.46. The fourth-order valence-corrected chi connectivity index (χ4v) is 2.23. The Labute approximate surface area is 126 Å². The van der Waals surface area contributed by atoms with E-state index in [4.69, 9.17) is 9.47 Å². The molecule has 6 nitrogen and oxygen atoms in total. The number of likely N-dealkylation sites (tertiary alicyclic amines) is 1. The normalized spacial score (nSPS) is 17.5. The van der Waals surface area contributed by atoms with Gasteiger partial charge in [-0.05, 0) is 33.6 Å². The van der Waals surface area contributed by atoms with Crippen molar-refractivity contribution in [3.05, 3.63) is 0 Å². The van der Waals surface area contributed by atoms with Gasteiger partial charge < -0.3 is 19.5 Å². The number of hydrogen-bond donors (Lipinski definition) is 1. The molecule has 0 aromatic rings. The van der Waals surface area contributed by atoms with Crippen molar-refractivity contribution in [2.45, 2.75) is 59.2 Å². The minimum absolute atomic E-state index is 0.0665. The minimum Gasteiger partial charge on any atom is -0.481 e. The molecule has 6 heteroatoms. The van der Waals surface area contributed by atoms with Crippen molar-refractivity contribution in [3.8, 4) is 0 Å². The molecule has 1 N–H and O–H groups in total. The first-order chi connectivity index (χ1) is 9.63. The van der Waals surface area contributed by atoms with E-state index in [0.717, 1.165) is 12.8 Å². The molecule has 1 aliphatic rings. The number of carboxylic acid groups (broad SMARTS) is 1. The number of carbonyl (C=O) groups is 2. The topological polar surface area (TPSA) is 76.1 Å². The van der Waals surface area contributed by atoms with Crippen molar-refractivity contribution in [1.82, 2.24) is 4.90 Å². The molecule has 1 fully saturated rings. The zero-order valence-electron chi connectivity index (χ0n) is 13.6. The van der Waals surface area contributed by atoms with E-state index in [-0.39, 0.29) is 25.8 Å². The predicted octanol–water partition coefficient (Wildman–Crippen LogP) is 2.51. The molecule has 1 rings (SSSR count). The van der Waals surface area contributed by atoms with Gasteiger partial charge in [0.2, 0.25) is 0 Å². The molecule has 1 amide bonds. The Kier molecular flexibility index (Phi) is 5.61. The van der Waals surface area contributed by atoms with E-state index in [1.165, 1.54) is 4.90 Å². The SMILES string of the molecule is CCC(CC)OCC1(C(=O)O)CN(C(=O)OC(C)(C)C)C1. The van der Waals surface area contributed by atoms with Crippen LogP contribution in [0.2, 0.25) is 0 Å². The van der Waals surface area contributed by atoms with Gasteiger partial charge in [-0.2, -0.15) is 0 Å². The van der Waals surface area contributed by atoms with E-state index < -0.39 is 23.1 Å². The van der Waals surface area contributed by atoms with Gasteiger partial charge in [-0.3, -0.25) is 4.79 Å². The van der Waals surface area contributed by atoms with Crippen LogP contribution in [0.25, 0.3) is 0 Å². The lowest BCUT2D eigenvalue weighted by Crippen LogP contribution is -2.65. The molecule has 0 radical (unpaired) electrons. The zero-order valence-corrected chi connectivity index (χ0v) is 13.6. The van der Waals surface area contributed by atoms with E-state index in [1.54, 1.807) is 20.8 Å². The Bertz CT molecular complexity index is 378. The molecule has 0 atom stereocenters. The average molecular weight is 301 g/mol. The van der Waals surface area contributed by atoms with Gasteiger partial charge in [-0.25, -0.2) is 4.79 Å². The smallest absolute Gasteiger partial charge is 0.410 e. The Balaban J connectivity index is 2.56. The highest BCUT2D eigenvalue weighted by molar-refractivity contribution is 5.80. The summed E-state index contributed by atoms with van der Waals surface area (Å²) in [5, 5.41) is 9.42. The number of amides is 1. The van der Waals surface area contributed by atoms with Gasteiger partial charge in [0.25, 0.3) is 0 Å². The Morgan fingerprint density at radius 1 is 1.24 bits per heavy atom. The van der Waals surface area contributed by atoms with Gasteiger partial charge in [0.15, 0.2) is 0 Å². The molecule has 1 aliphatic heterocycles. The van der Waals surface area contributed by atoms with Crippen molar-refractivity contribution in [3.63, 3.8) is 0 Å². The second kappa shape index (κ2) is 6.64. The number of aliphatic carboxylic acids is 1. The lowest BCUT2D eigenvalue weighted by atomic mass is 9.81. The summed E-state index contributed by atoms with van der Waals surface area (Å²) < 4.78 is 10.9. The maximum atomic E-state index is 11.9. The van der Waals surface area contributed by atoms with Crippen molar-refractivity contribution >= 4 is 12.1 Å². The standard InChI is InChI=1S/C15H27NO5/c1-6-11(7-2)20-10-15(12(17)18)8-16(9-15)13(19)21-14(3,4)5/h11H,6-10H2,1-5H3,(H,17,18). The summed E-state index contributed by atoms with van der Waals surface area (Å²) in [6, 6.07) is 0. The van der Waals surface area contributed by atoms with E-state index >= 15 is 0 Å². The first kappa shape index (κ1) is 17.8. The van der Waals surface area contributed by atoms with Crippen LogP contribution >= 0.6 is 0 Å². The van der Waals surface area contributed by atoms with Gasteiger partial charge in [0.05, 0.1) is 12.7 Å². The maximum Gasteiger partial charge on any atom is 0.410 e. The molecule has 0 bridgehead atoms. The molecule has 1 heterocycles. The molecule has 0 saturated carbocycles. The lowest BCUT2D eigenvalue weighted by Gasteiger charge is -2.47. The third kappa shape index (κ3) is 4.59. The lowest BCUT2D eigenvalue weighted by molar-refractivity contribution is -0.169. The summed E-state index contributed by atoms with van der Waals surface area (Å²) in [6.45, 7) is 9.77. The van der Waals surface area contributed by atoms with Gasteiger partial charge >= 0.3 is 12.1 Å². The highest BCUT2D eigenvalue weighted by atomic mass is 16.6. The predicted molar refractivity (Wildman–Crippen MR) is 78.2 cm³/mol. The number of nitrogens with zero attached hydrogens (tertiary/aromatic N) is 1. The molecule has 0 spiro atoms. The molecule has 0 unspecified atom stereocenters. The second-order valence-corrected chi connectivity index (χ2v) is 6.67. The van der Waals surface area contributed by atoms with Crippen molar-refractivity contribution in [2.75, 3.05) is 19.7 Å². The fraction of sp³-hybridized carbons (Fsp3) is 0.867. The van der Waals surface area contributed by atoms with E-state index in [9.17, 15) is 14.7 Å². The van der Waals surface area contributed by atoms with Gasteiger partial charge in [0.1, 0.15) is 11.0 Å². The van der Waals surface area contributed by atoms with Gasteiger partial charge in [0, 0.05) is 13.1 Å². The Morgan fingerprint density at radius 2 is 1.76 bits per heavy atom. The number of hydrogen-bond acceptors (Lipinski definition) is 4. The number of rotatable bonds is 6. The van der Waals surface area contributed by atoms with Crippen LogP contribution in [0.1, 0.15) is 47.5 Å². The molecule has 0 aromatic heterocycles. The number of carbonyl (C=O) groups excluding carboxylic acids is 1. The van der Waals surface area contributed by atoms with E-state index in [1.807, 2.05) is 13.8 Å².